The first-order chi connectivity index (χ1) is 15.7. The number of aliphatic hydroxyl groups is 5. The van der Waals surface area contributed by atoms with Crippen LogP contribution in [0.1, 0.15) is 56.1 Å². The number of fused-ring (bicyclic) bond motifs is 5. The van der Waals surface area contributed by atoms with E-state index in [9.17, 15) is 25.5 Å². The average Bonchev–Trinajstić information content (AvgIpc) is 3.10. The van der Waals surface area contributed by atoms with Gasteiger partial charge in [0.2, 0.25) is 6.29 Å². The maximum atomic E-state index is 11.1. The summed E-state index contributed by atoms with van der Waals surface area (Å²) in [5.41, 5.74) is 1.27. The van der Waals surface area contributed by atoms with Gasteiger partial charge in [-0.25, -0.2) is 0 Å². The van der Waals surface area contributed by atoms with E-state index in [0.717, 1.165) is 32.1 Å². The van der Waals surface area contributed by atoms with Gasteiger partial charge in [0, 0.05) is 5.41 Å². The molecule has 3 aliphatic carbocycles. The van der Waals surface area contributed by atoms with Crippen LogP contribution in [0.5, 0.6) is 5.75 Å². The van der Waals surface area contributed by atoms with Crippen molar-refractivity contribution < 1.29 is 35.0 Å². The molecule has 5 rings (SSSR count). The minimum Gasteiger partial charge on any atom is -0.462 e. The molecule has 2 saturated carbocycles. The second kappa shape index (κ2) is 8.23. The first kappa shape index (κ1) is 23.1. The summed E-state index contributed by atoms with van der Waals surface area (Å²) < 4.78 is 11.3. The van der Waals surface area contributed by atoms with Gasteiger partial charge in [0.25, 0.3) is 0 Å². The minimum atomic E-state index is -1.47. The van der Waals surface area contributed by atoms with Gasteiger partial charge in [-0.1, -0.05) is 18.9 Å². The molecule has 0 spiro atoms. The van der Waals surface area contributed by atoms with Crippen molar-refractivity contribution in [3.63, 3.8) is 0 Å². The Kier molecular flexibility index (Phi) is 5.76. The monoisotopic (exact) mass is 458 g/mol. The SMILES string of the molecule is C#C[C@]1(O)CC[C@H]2[C@@H]3CCc4cc(OC5O[C@H](CO)[C@@H](O)[C@H](O)[C@H]5O)ccc4[C@H]3CC[C@@]21C. The smallest absolute Gasteiger partial charge is 0.229 e. The van der Waals surface area contributed by atoms with Crippen molar-refractivity contribution in [2.75, 3.05) is 6.61 Å². The van der Waals surface area contributed by atoms with Crippen LogP contribution in [0.25, 0.3) is 0 Å². The van der Waals surface area contributed by atoms with Gasteiger partial charge < -0.3 is 35.0 Å². The predicted octanol–water partition coefficient (Wildman–Crippen LogP) is 1.09. The highest BCUT2D eigenvalue weighted by atomic mass is 16.7. The maximum Gasteiger partial charge on any atom is 0.229 e. The number of aliphatic hydroxyl groups excluding tert-OH is 4. The van der Waals surface area contributed by atoms with E-state index in [1.807, 2.05) is 12.1 Å². The van der Waals surface area contributed by atoms with Crippen molar-refractivity contribution in [3.05, 3.63) is 29.3 Å². The summed E-state index contributed by atoms with van der Waals surface area (Å²) in [6, 6.07) is 5.90. The molecule has 1 aromatic carbocycles. The normalized spacial score (nSPS) is 46.6. The van der Waals surface area contributed by atoms with E-state index >= 15 is 0 Å². The number of benzene rings is 1. The topological polar surface area (TPSA) is 120 Å². The van der Waals surface area contributed by atoms with Crippen molar-refractivity contribution in [1.29, 1.82) is 0 Å². The van der Waals surface area contributed by atoms with Crippen molar-refractivity contribution in [1.82, 2.24) is 0 Å². The van der Waals surface area contributed by atoms with Crippen molar-refractivity contribution in [2.24, 2.45) is 17.3 Å². The van der Waals surface area contributed by atoms with Crippen molar-refractivity contribution in [2.45, 2.75) is 87.7 Å². The molecule has 180 valence electrons. The van der Waals surface area contributed by atoms with Gasteiger partial charge in [-0.15, -0.1) is 6.42 Å². The predicted molar refractivity (Wildman–Crippen MR) is 119 cm³/mol. The largest absolute Gasteiger partial charge is 0.462 e. The summed E-state index contributed by atoms with van der Waals surface area (Å²) in [4.78, 5) is 0. The zero-order valence-electron chi connectivity index (χ0n) is 18.9. The van der Waals surface area contributed by atoms with Crippen LogP contribution in [0.4, 0.5) is 0 Å². The Morgan fingerprint density at radius 3 is 2.64 bits per heavy atom. The molecule has 33 heavy (non-hydrogen) atoms. The molecule has 10 atom stereocenters. The Morgan fingerprint density at radius 1 is 1.12 bits per heavy atom. The van der Waals surface area contributed by atoms with Gasteiger partial charge in [-0.05, 0) is 79.5 Å². The van der Waals surface area contributed by atoms with Crippen LogP contribution in [0.15, 0.2) is 18.2 Å². The van der Waals surface area contributed by atoms with Crippen LogP contribution in [-0.2, 0) is 11.2 Å². The number of terminal acetylenes is 1. The molecule has 0 aromatic heterocycles. The molecule has 7 heteroatoms. The second-order valence-corrected chi connectivity index (χ2v) is 10.6. The van der Waals surface area contributed by atoms with Crippen LogP contribution in [0.3, 0.4) is 0 Å². The Balaban J connectivity index is 1.35. The number of hydrogen-bond donors (Lipinski definition) is 5. The number of ether oxygens (including phenoxy) is 2. The van der Waals surface area contributed by atoms with E-state index in [1.165, 1.54) is 11.1 Å². The molecular formula is C26H34O7. The van der Waals surface area contributed by atoms with Gasteiger partial charge in [0.1, 0.15) is 35.8 Å². The quantitative estimate of drug-likeness (QED) is 0.430. The standard InChI is InChI=1S/C26H34O7/c1-3-26(31)11-9-19-18-6-4-14-12-15(5-7-16(14)17(18)8-10-25(19,26)2)32-24-23(30)22(29)21(28)20(13-27)33-24/h1,5,7,12,17-24,27-31H,4,6,8-11,13H2,2H3/t17-,18-,19+,20-,21-,22+,23-,24?,25+,26+/m1/s1. The Bertz CT molecular complexity index is 941. The first-order valence-corrected chi connectivity index (χ1v) is 12.0. The van der Waals surface area contributed by atoms with Crippen molar-refractivity contribution in [3.8, 4) is 18.1 Å². The van der Waals surface area contributed by atoms with E-state index in [4.69, 9.17) is 15.9 Å². The summed E-state index contributed by atoms with van der Waals surface area (Å²) in [7, 11) is 0. The van der Waals surface area contributed by atoms with Gasteiger partial charge in [0.05, 0.1) is 6.61 Å². The summed E-state index contributed by atoms with van der Waals surface area (Å²) >= 11 is 0. The zero-order chi connectivity index (χ0) is 23.5. The van der Waals surface area contributed by atoms with Gasteiger partial charge >= 0.3 is 0 Å². The molecule has 0 bridgehead atoms. The molecule has 1 aliphatic heterocycles. The second-order valence-electron chi connectivity index (χ2n) is 10.6. The number of hydrogen-bond acceptors (Lipinski definition) is 7. The Labute approximate surface area is 194 Å². The van der Waals surface area contributed by atoms with Crippen LogP contribution < -0.4 is 4.74 Å². The van der Waals surface area contributed by atoms with Crippen LogP contribution >= 0.6 is 0 Å². The molecule has 5 N–H and O–H groups in total. The lowest BCUT2D eigenvalue weighted by molar-refractivity contribution is -0.277. The van der Waals surface area contributed by atoms with E-state index in [0.29, 0.717) is 29.9 Å². The molecule has 4 aliphatic rings. The van der Waals surface area contributed by atoms with Gasteiger partial charge in [-0.2, -0.15) is 0 Å². The fourth-order valence-electron chi connectivity index (χ4n) is 7.18. The number of aryl methyl sites for hydroxylation is 1. The Hall–Kier alpha value is -1.66. The van der Waals surface area contributed by atoms with Gasteiger partial charge in [0.15, 0.2) is 0 Å². The Morgan fingerprint density at radius 2 is 1.91 bits per heavy atom. The lowest BCUT2D eigenvalue weighted by atomic mass is 9.53. The molecule has 1 unspecified atom stereocenters. The summed E-state index contributed by atoms with van der Waals surface area (Å²) in [6.07, 6.45) is 4.70. The summed E-state index contributed by atoms with van der Waals surface area (Å²) in [5.74, 6) is 4.56. The molecule has 0 amide bonds. The molecule has 1 heterocycles. The third kappa shape index (κ3) is 3.43. The van der Waals surface area contributed by atoms with E-state index < -0.39 is 42.9 Å². The molecular weight excluding hydrogens is 424 g/mol. The zero-order valence-corrected chi connectivity index (χ0v) is 18.9. The molecule has 1 saturated heterocycles. The van der Waals surface area contributed by atoms with Crippen LogP contribution in [-0.4, -0.2) is 68.4 Å². The first-order valence-electron chi connectivity index (χ1n) is 12.0. The van der Waals surface area contributed by atoms with Crippen LogP contribution in [0.2, 0.25) is 0 Å². The lowest BCUT2D eigenvalue weighted by Crippen LogP contribution is -2.60. The van der Waals surface area contributed by atoms with E-state index in [-0.39, 0.29) is 5.41 Å². The average molecular weight is 459 g/mol. The summed E-state index contributed by atoms with van der Waals surface area (Å²) in [5, 5.41) is 50.7. The minimum absolute atomic E-state index is 0.230. The van der Waals surface area contributed by atoms with E-state index in [2.05, 4.69) is 18.9 Å². The van der Waals surface area contributed by atoms with Crippen LogP contribution in [0, 0.1) is 29.6 Å². The van der Waals surface area contributed by atoms with Gasteiger partial charge in [-0.3, -0.25) is 0 Å². The maximum absolute atomic E-state index is 11.1. The molecule has 0 radical (unpaired) electrons. The lowest BCUT2D eigenvalue weighted by Gasteiger charge is -2.52. The number of rotatable bonds is 3. The fraction of sp³-hybridized carbons (Fsp3) is 0.692. The molecule has 7 nitrogen and oxygen atoms in total. The highest BCUT2D eigenvalue weighted by Crippen LogP contribution is 2.64. The van der Waals surface area contributed by atoms with E-state index in [1.54, 1.807) is 0 Å². The van der Waals surface area contributed by atoms with Crippen molar-refractivity contribution >= 4 is 0 Å². The molecule has 1 aromatic rings. The molecule has 3 fully saturated rings. The summed E-state index contributed by atoms with van der Waals surface area (Å²) in [6.45, 7) is 1.68. The third-order valence-electron chi connectivity index (χ3n) is 9.19. The third-order valence-corrected chi connectivity index (χ3v) is 9.19. The highest BCUT2D eigenvalue weighted by molar-refractivity contribution is 5.41. The highest BCUT2D eigenvalue weighted by Gasteiger charge is 2.61. The fourth-order valence-corrected chi connectivity index (χ4v) is 7.18.